The van der Waals surface area contributed by atoms with Crippen LogP contribution in [-0.4, -0.2) is 33.9 Å². The van der Waals surface area contributed by atoms with Gasteiger partial charge in [0.1, 0.15) is 17.3 Å². The predicted octanol–water partition coefficient (Wildman–Crippen LogP) is 4.47. The Bertz CT molecular complexity index is 1430. The number of benzene rings is 2. The van der Waals surface area contributed by atoms with Crippen LogP contribution in [0.15, 0.2) is 72.6 Å². The van der Waals surface area contributed by atoms with Crippen LogP contribution >= 0.6 is 11.3 Å². The number of hydrogen-bond acceptors (Lipinski definition) is 7. The fourth-order valence-corrected chi connectivity index (χ4v) is 4.82. The van der Waals surface area contributed by atoms with E-state index in [0.717, 1.165) is 11.3 Å². The van der Waals surface area contributed by atoms with Crippen LogP contribution < -0.4 is 9.64 Å². The Morgan fingerprint density at radius 2 is 2.00 bits per heavy atom. The van der Waals surface area contributed by atoms with Gasteiger partial charge in [0.2, 0.25) is 0 Å². The van der Waals surface area contributed by atoms with Gasteiger partial charge in [-0.3, -0.25) is 19.5 Å². The normalized spacial score (nSPS) is 17.6. The lowest BCUT2D eigenvalue weighted by molar-refractivity contribution is -0.132. The number of Topliss-reactive ketones (excluding diaryl/α,β-unsaturated/α-hetero) is 1. The van der Waals surface area contributed by atoms with Gasteiger partial charge in [-0.05, 0) is 42.0 Å². The standard InChI is InChI=1S/C24H16FN3O4S/c1-32-16-6-2-4-13(10-16)21(29)19-20(14-5-3-9-26-12-14)28(23(31)22(19)30)24-27-17-8-7-15(25)11-18(17)33-24/h2-12,20,29H,1H3/b21-19+. The molecule has 3 heterocycles. The van der Waals surface area contributed by atoms with E-state index in [-0.39, 0.29) is 16.5 Å². The van der Waals surface area contributed by atoms with Crippen molar-refractivity contribution >= 4 is 44.1 Å². The molecule has 1 N–H and O–H groups in total. The van der Waals surface area contributed by atoms with Crippen LogP contribution in [-0.2, 0) is 9.59 Å². The molecule has 33 heavy (non-hydrogen) atoms. The lowest BCUT2D eigenvalue weighted by atomic mass is 9.96. The molecule has 164 valence electrons. The van der Waals surface area contributed by atoms with Crippen molar-refractivity contribution in [3.63, 3.8) is 0 Å². The number of hydrogen-bond donors (Lipinski definition) is 1. The predicted molar refractivity (Wildman–Crippen MR) is 122 cm³/mol. The van der Waals surface area contributed by atoms with Gasteiger partial charge in [0, 0.05) is 18.0 Å². The number of carbonyl (C=O) groups is 2. The number of pyridine rings is 1. The number of anilines is 1. The second-order valence-corrected chi connectivity index (χ2v) is 8.30. The number of carbonyl (C=O) groups excluding carboxylic acids is 2. The average molecular weight is 461 g/mol. The highest BCUT2D eigenvalue weighted by molar-refractivity contribution is 7.22. The highest BCUT2D eigenvalue weighted by Gasteiger charge is 2.48. The summed E-state index contributed by atoms with van der Waals surface area (Å²) in [4.78, 5) is 36.1. The summed E-state index contributed by atoms with van der Waals surface area (Å²) in [7, 11) is 1.49. The molecule has 1 amide bonds. The Labute approximate surface area is 191 Å². The number of aliphatic hydroxyl groups excluding tert-OH is 1. The van der Waals surface area contributed by atoms with Crippen molar-refractivity contribution in [1.82, 2.24) is 9.97 Å². The minimum absolute atomic E-state index is 0.0910. The molecule has 7 nitrogen and oxygen atoms in total. The van der Waals surface area contributed by atoms with E-state index in [1.54, 1.807) is 42.6 Å². The number of amides is 1. The van der Waals surface area contributed by atoms with E-state index in [2.05, 4.69) is 9.97 Å². The van der Waals surface area contributed by atoms with Crippen LogP contribution in [0.5, 0.6) is 5.75 Å². The molecule has 5 rings (SSSR count). The second-order valence-electron chi connectivity index (χ2n) is 7.30. The number of nitrogens with zero attached hydrogens (tertiary/aromatic N) is 3. The largest absolute Gasteiger partial charge is 0.507 e. The summed E-state index contributed by atoms with van der Waals surface area (Å²) in [6.45, 7) is 0. The van der Waals surface area contributed by atoms with Crippen LogP contribution in [0.4, 0.5) is 9.52 Å². The molecular formula is C24H16FN3O4S. The van der Waals surface area contributed by atoms with Crippen LogP contribution in [0.2, 0.25) is 0 Å². The van der Waals surface area contributed by atoms with Gasteiger partial charge in [0.25, 0.3) is 5.78 Å². The van der Waals surface area contributed by atoms with Crippen LogP contribution in [0, 0.1) is 5.82 Å². The molecule has 9 heteroatoms. The summed E-state index contributed by atoms with van der Waals surface area (Å²) in [5.41, 5.74) is 1.25. The van der Waals surface area contributed by atoms with Gasteiger partial charge in [-0.2, -0.15) is 0 Å². The number of aliphatic hydroxyl groups is 1. The SMILES string of the molecule is COc1cccc(/C(O)=C2\C(=O)C(=O)N(c3nc4ccc(F)cc4s3)C2c2cccnc2)c1. The molecule has 1 aliphatic rings. The molecule has 0 spiro atoms. The zero-order valence-electron chi connectivity index (χ0n) is 17.2. The number of fused-ring (bicyclic) bond motifs is 1. The minimum atomic E-state index is -0.963. The van der Waals surface area contributed by atoms with Crippen molar-refractivity contribution in [1.29, 1.82) is 0 Å². The Kier molecular flexibility index (Phi) is 5.10. The van der Waals surface area contributed by atoms with Gasteiger partial charge in [-0.1, -0.05) is 29.5 Å². The molecule has 2 aromatic carbocycles. The van der Waals surface area contributed by atoms with E-state index in [9.17, 15) is 19.1 Å². The van der Waals surface area contributed by atoms with E-state index >= 15 is 0 Å². The van der Waals surface area contributed by atoms with Crippen LogP contribution in [0.1, 0.15) is 17.2 Å². The highest BCUT2D eigenvalue weighted by Crippen LogP contribution is 2.44. The third kappa shape index (κ3) is 3.52. The molecule has 4 aromatic rings. The lowest BCUT2D eigenvalue weighted by Gasteiger charge is -2.22. The van der Waals surface area contributed by atoms with Crippen molar-refractivity contribution < 1.29 is 23.8 Å². The van der Waals surface area contributed by atoms with Gasteiger partial charge >= 0.3 is 5.91 Å². The molecule has 0 aliphatic carbocycles. The molecule has 0 radical (unpaired) electrons. The van der Waals surface area contributed by atoms with Crippen molar-refractivity contribution in [2.75, 3.05) is 12.0 Å². The topological polar surface area (TPSA) is 92.6 Å². The van der Waals surface area contributed by atoms with Crippen molar-refractivity contribution in [3.05, 3.63) is 89.5 Å². The van der Waals surface area contributed by atoms with Gasteiger partial charge in [-0.15, -0.1) is 0 Å². The van der Waals surface area contributed by atoms with Crippen molar-refractivity contribution in [3.8, 4) is 5.75 Å². The maximum atomic E-state index is 13.7. The first-order valence-electron chi connectivity index (χ1n) is 9.89. The molecule has 1 aliphatic heterocycles. The minimum Gasteiger partial charge on any atom is -0.507 e. The Balaban J connectivity index is 1.72. The van der Waals surface area contributed by atoms with E-state index < -0.39 is 23.5 Å². The molecular weight excluding hydrogens is 445 g/mol. The monoisotopic (exact) mass is 461 g/mol. The molecule has 0 bridgehead atoms. The van der Waals surface area contributed by atoms with E-state index in [4.69, 9.17) is 4.74 Å². The number of methoxy groups -OCH3 is 1. The summed E-state index contributed by atoms with van der Waals surface area (Å²) in [5.74, 6) is -1.97. The van der Waals surface area contributed by atoms with Crippen LogP contribution in [0.3, 0.4) is 0 Å². The summed E-state index contributed by atoms with van der Waals surface area (Å²) in [5, 5.41) is 11.4. The van der Waals surface area contributed by atoms with Crippen molar-refractivity contribution in [2.24, 2.45) is 0 Å². The first-order chi connectivity index (χ1) is 16.0. The average Bonchev–Trinajstić information content (AvgIpc) is 3.37. The quantitative estimate of drug-likeness (QED) is 0.274. The van der Waals surface area contributed by atoms with E-state index in [0.29, 0.717) is 27.1 Å². The second kappa shape index (κ2) is 8.10. The summed E-state index contributed by atoms with van der Waals surface area (Å²) in [6.07, 6.45) is 3.09. The third-order valence-electron chi connectivity index (χ3n) is 5.33. The summed E-state index contributed by atoms with van der Waals surface area (Å²) < 4.78 is 19.5. The van der Waals surface area contributed by atoms with Gasteiger partial charge in [0.15, 0.2) is 5.13 Å². The fraction of sp³-hybridized carbons (Fsp3) is 0.0833. The number of aromatic nitrogens is 2. The number of ketones is 1. The number of ether oxygens (including phenoxy) is 1. The highest BCUT2D eigenvalue weighted by atomic mass is 32.1. The van der Waals surface area contributed by atoms with E-state index in [1.165, 1.54) is 36.4 Å². The summed E-state index contributed by atoms with van der Waals surface area (Å²) in [6, 6.07) is 13.1. The Hall–Kier alpha value is -4.11. The molecule has 1 fully saturated rings. The molecule has 1 saturated heterocycles. The van der Waals surface area contributed by atoms with Crippen LogP contribution in [0.25, 0.3) is 16.0 Å². The number of thiazole rings is 1. The smallest absolute Gasteiger partial charge is 0.301 e. The molecule has 0 saturated carbocycles. The molecule has 1 atom stereocenters. The number of rotatable bonds is 4. The molecule has 2 aromatic heterocycles. The van der Waals surface area contributed by atoms with Gasteiger partial charge < -0.3 is 9.84 Å². The first-order valence-corrected chi connectivity index (χ1v) is 10.7. The van der Waals surface area contributed by atoms with Crippen molar-refractivity contribution in [2.45, 2.75) is 6.04 Å². The van der Waals surface area contributed by atoms with Gasteiger partial charge in [-0.25, -0.2) is 9.37 Å². The van der Waals surface area contributed by atoms with Gasteiger partial charge in [0.05, 0.1) is 28.9 Å². The zero-order valence-corrected chi connectivity index (χ0v) is 18.0. The summed E-state index contributed by atoms with van der Waals surface area (Å²) >= 11 is 1.09. The Morgan fingerprint density at radius 1 is 1.15 bits per heavy atom. The molecule has 1 unspecified atom stereocenters. The lowest BCUT2D eigenvalue weighted by Crippen LogP contribution is -2.29. The first kappa shape index (κ1) is 20.8. The third-order valence-corrected chi connectivity index (χ3v) is 6.35. The number of halogens is 1. The maximum absolute atomic E-state index is 13.7. The maximum Gasteiger partial charge on any atom is 0.301 e. The van der Waals surface area contributed by atoms with E-state index in [1.807, 2.05) is 0 Å². The fourth-order valence-electron chi connectivity index (χ4n) is 3.80. The zero-order chi connectivity index (χ0) is 23.1. The Morgan fingerprint density at radius 3 is 2.76 bits per heavy atom.